The van der Waals surface area contributed by atoms with Gasteiger partial charge in [0, 0.05) is 12.0 Å². The highest BCUT2D eigenvalue weighted by Crippen LogP contribution is 2.29. The van der Waals surface area contributed by atoms with Crippen LogP contribution in [0.25, 0.3) is 0 Å². The van der Waals surface area contributed by atoms with Gasteiger partial charge in [-0.2, -0.15) is 0 Å². The Kier molecular flexibility index (Phi) is 3.24. The molecule has 3 rings (SSSR count). The number of rotatable bonds is 1. The van der Waals surface area contributed by atoms with Crippen molar-refractivity contribution in [3.8, 4) is 0 Å². The van der Waals surface area contributed by atoms with E-state index in [2.05, 4.69) is 12.1 Å². The van der Waals surface area contributed by atoms with Gasteiger partial charge in [0.25, 0.3) is 0 Å². The lowest BCUT2D eigenvalue weighted by Crippen LogP contribution is -2.39. The van der Waals surface area contributed by atoms with E-state index in [1.165, 1.54) is 36.3 Å². The van der Waals surface area contributed by atoms with Crippen LogP contribution in [0.3, 0.4) is 0 Å². The Labute approximate surface area is 106 Å². The predicted octanol–water partition coefficient (Wildman–Crippen LogP) is 2.99. The SMILES string of the molecule is O=C1c2ccccc2CCC1[S+]1CCCCC1. The first kappa shape index (κ1) is 11.3. The van der Waals surface area contributed by atoms with E-state index in [4.69, 9.17) is 0 Å². The van der Waals surface area contributed by atoms with Crippen LogP contribution in [0.1, 0.15) is 41.6 Å². The minimum atomic E-state index is 0.352. The van der Waals surface area contributed by atoms with E-state index < -0.39 is 0 Å². The molecule has 1 nitrogen and oxygen atoms in total. The third kappa shape index (κ3) is 2.15. The van der Waals surface area contributed by atoms with Gasteiger partial charge in [0.15, 0.2) is 5.25 Å². The molecule has 1 atom stereocenters. The number of benzene rings is 1. The van der Waals surface area contributed by atoms with Gasteiger partial charge >= 0.3 is 0 Å². The second kappa shape index (κ2) is 4.85. The molecule has 1 aromatic rings. The molecule has 1 aromatic carbocycles. The van der Waals surface area contributed by atoms with E-state index in [9.17, 15) is 4.79 Å². The van der Waals surface area contributed by atoms with E-state index in [1.54, 1.807) is 0 Å². The van der Waals surface area contributed by atoms with Crippen molar-refractivity contribution < 1.29 is 4.79 Å². The molecule has 1 fully saturated rings. The maximum absolute atomic E-state index is 12.5. The van der Waals surface area contributed by atoms with Crippen LogP contribution < -0.4 is 0 Å². The summed E-state index contributed by atoms with van der Waals surface area (Å²) >= 11 is 0. The van der Waals surface area contributed by atoms with Gasteiger partial charge in [0.1, 0.15) is 11.5 Å². The largest absolute Gasteiger partial charge is 0.288 e. The fourth-order valence-corrected chi connectivity index (χ4v) is 5.83. The molecule has 0 spiro atoms. The number of hydrogen-bond acceptors (Lipinski definition) is 1. The summed E-state index contributed by atoms with van der Waals surface area (Å²) in [5.74, 6) is 3.05. The van der Waals surface area contributed by atoms with Crippen molar-refractivity contribution in [3.63, 3.8) is 0 Å². The molecule has 1 unspecified atom stereocenters. The molecule has 1 aliphatic carbocycles. The minimum Gasteiger partial charge on any atom is -0.288 e. The summed E-state index contributed by atoms with van der Waals surface area (Å²) in [5, 5.41) is 0.352. The first-order chi connectivity index (χ1) is 8.36. The van der Waals surface area contributed by atoms with Crippen LogP contribution in [0, 0.1) is 0 Å². The lowest BCUT2D eigenvalue weighted by Gasteiger charge is -2.25. The number of ketones is 1. The van der Waals surface area contributed by atoms with Crippen LogP contribution in [0.15, 0.2) is 24.3 Å². The second-order valence-corrected chi connectivity index (χ2v) is 7.52. The van der Waals surface area contributed by atoms with E-state index in [-0.39, 0.29) is 0 Å². The molecule has 2 aliphatic rings. The highest BCUT2D eigenvalue weighted by molar-refractivity contribution is 7.98. The van der Waals surface area contributed by atoms with Gasteiger partial charge in [0.05, 0.1) is 0 Å². The van der Waals surface area contributed by atoms with Crippen LogP contribution in [0.4, 0.5) is 0 Å². The van der Waals surface area contributed by atoms with Crippen LogP contribution in [-0.4, -0.2) is 22.5 Å². The van der Waals surface area contributed by atoms with Crippen LogP contribution in [0.2, 0.25) is 0 Å². The van der Waals surface area contributed by atoms with Gasteiger partial charge in [-0.3, -0.25) is 4.79 Å². The lowest BCUT2D eigenvalue weighted by molar-refractivity contribution is 0.0978. The predicted molar refractivity (Wildman–Crippen MR) is 73.8 cm³/mol. The zero-order valence-electron chi connectivity index (χ0n) is 10.2. The van der Waals surface area contributed by atoms with Gasteiger partial charge in [-0.25, -0.2) is 0 Å². The molecule has 2 heteroatoms. The third-order valence-corrected chi connectivity index (χ3v) is 6.85. The molecule has 1 heterocycles. The Bertz CT molecular complexity index is 421. The van der Waals surface area contributed by atoms with E-state index >= 15 is 0 Å². The fourth-order valence-electron chi connectivity index (χ4n) is 3.03. The molecule has 0 N–H and O–H groups in total. The number of hydrogen-bond donors (Lipinski definition) is 0. The fraction of sp³-hybridized carbons (Fsp3) is 0.533. The van der Waals surface area contributed by atoms with Crippen molar-refractivity contribution >= 4 is 16.7 Å². The Morgan fingerprint density at radius 2 is 1.82 bits per heavy atom. The standard InChI is InChI=1S/C15H19OS/c16-15-13-7-3-2-6-12(13)8-9-14(15)17-10-4-1-5-11-17/h2-3,6-7,14H,1,4-5,8-11H2/q+1. The summed E-state index contributed by atoms with van der Waals surface area (Å²) < 4.78 is 0. The van der Waals surface area contributed by atoms with Crippen molar-refractivity contribution in [1.82, 2.24) is 0 Å². The highest BCUT2D eigenvalue weighted by atomic mass is 32.2. The monoisotopic (exact) mass is 247 g/mol. The molecule has 0 amide bonds. The zero-order valence-corrected chi connectivity index (χ0v) is 11.0. The van der Waals surface area contributed by atoms with Crippen LogP contribution in [-0.2, 0) is 17.3 Å². The quantitative estimate of drug-likeness (QED) is 0.697. The number of fused-ring (bicyclic) bond motifs is 1. The summed E-state index contributed by atoms with van der Waals surface area (Å²) in [7, 11) is 0.382. The minimum absolute atomic E-state index is 0.352. The van der Waals surface area contributed by atoms with Crippen molar-refractivity contribution in [2.75, 3.05) is 11.5 Å². The number of Topliss-reactive ketones (excluding diaryl/α,β-unsaturated/α-hetero) is 1. The molecule has 0 saturated carbocycles. The molecule has 90 valence electrons. The van der Waals surface area contributed by atoms with Crippen LogP contribution in [0.5, 0.6) is 0 Å². The molecular weight excluding hydrogens is 228 g/mol. The first-order valence-corrected chi connectivity index (χ1v) is 8.27. The zero-order chi connectivity index (χ0) is 11.7. The molecular formula is C15H19OS+. The Morgan fingerprint density at radius 1 is 1.06 bits per heavy atom. The van der Waals surface area contributed by atoms with Gasteiger partial charge in [-0.1, -0.05) is 24.3 Å². The van der Waals surface area contributed by atoms with Crippen molar-refractivity contribution in [2.45, 2.75) is 37.4 Å². The molecule has 1 saturated heterocycles. The van der Waals surface area contributed by atoms with Gasteiger partial charge in [-0.15, -0.1) is 0 Å². The second-order valence-electron chi connectivity index (χ2n) is 5.06. The van der Waals surface area contributed by atoms with E-state index in [0.29, 0.717) is 21.9 Å². The number of carbonyl (C=O) groups excluding carboxylic acids is 1. The Morgan fingerprint density at radius 3 is 2.65 bits per heavy atom. The number of carbonyl (C=O) groups is 1. The average molecular weight is 247 g/mol. The summed E-state index contributed by atoms with van der Waals surface area (Å²) in [6.07, 6.45) is 6.26. The topological polar surface area (TPSA) is 17.1 Å². The molecule has 0 aromatic heterocycles. The lowest BCUT2D eigenvalue weighted by atomic mass is 9.90. The molecule has 0 bridgehead atoms. The van der Waals surface area contributed by atoms with E-state index in [1.807, 2.05) is 12.1 Å². The molecule has 17 heavy (non-hydrogen) atoms. The van der Waals surface area contributed by atoms with E-state index in [0.717, 1.165) is 18.4 Å². The Balaban J connectivity index is 1.83. The maximum Gasteiger partial charge on any atom is 0.215 e. The number of aryl methyl sites for hydroxylation is 1. The van der Waals surface area contributed by atoms with Gasteiger partial charge in [0.2, 0.25) is 5.78 Å². The first-order valence-electron chi connectivity index (χ1n) is 6.65. The molecule has 1 aliphatic heterocycles. The maximum atomic E-state index is 12.5. The van der Waals surface area contributed by atoms with Crippen LogP contribution >= 0.6 is 0 Å². The normalized spacial score (nSPS) is 25.6. The summed E-state index contributed by atoms with van der Waals surface area (Å²) in [6.45, 7) is 0. The summed E-state index contributed by atoms with van der Waals surface area (Å²) in [4.78, 5) is 12.5. The smallest absolute Gasteiger partial charge is 0.215 e. The van der Waals surface area contributed by atoms with Gasteiger partial charge < -0.3 is 0 Å². The summed E-state index contributed by atoms with van der Waals surface area (Å²) in [5.41, 5.74) is 2.29. The molecule has 0 radical (unpaired) electrons. The average Bonchev–Trinajstić information content (AvgIpc) is 2.40. The third-order valence-electron chi connectivity index (χ3n) is 3.97. The Hall–Kier alpha value is -0.760. The van der Waals surface area contributed by atoms with Crippen molar-refractivity contribution in [3.05, 3.63) is 35.4 Å². The van der Waals surface area contributed by atoms with Crippen molar-refractivity contribution in [1.29, 1.82) is 0 Å². The van der Waals surface area contributed by atoms with Crippen molar-refractivity contribution in [2.24, 2.45) is 0 Å². The highest BCUT2D eigenvalue weighted by Gasteiger charge is 2.40. The summed E-state index contributed by atoms with van der Waals surface area (Å²) in [6, 6.07) is 8.20. The van der Waals surface area contributed by atoms with Gasteiger partial charge in [-0.05, 0) is 42.1 Å².